The molecule has 0 saturated carbocycles. The molecule has 1 atom stereocenters. The first-order valence-corrected chi connectivity index (χ1v) is 8.90. The van der Waals surface area contributed by atoms with Gasteiger partial charge in [0.05, 0.1) is 0 Å². The molecule has 3 rings (SSSR count). The number of halogens is 1. The SMILES string of the molecule is Cc1ccc([C@@]2(C)NC(=O)N(CC(=O)NCc3ccccc3Cl)C2=O)cc1. The van der Waals surface area contributed by atoms with Crippen LogP contribution in [0.2, 0.25) is 5.02 Å². The number of rotatable bonds is 5. The Labute approximate surface area is 162 Å². The van der Waals surface area contributed by atoms with Gasteiger partial charge in [-0.15, -0.1) is 0 Å². The van der Waals surface area contributed by atoms with Crippen LogP contribution in [0.1, 0.15) is 23.6 Å². The molecule has 1 fully saturated rings. The summed E-state index contributed by atoms with van der Waals surface area (Å²) in [5, 5.41) is 5.92. The molecule has 2 aromatic rings. The Balaban J connectivity index is 1.67. The van der Waals surface area contributed by atoms with Crippen LogP contribution in [-0.4, -0.2) is 29.3 Å². The summed E-state index contributed by atoms with van der Waals surface area (Å²) in [4.78, 5) is 38.3. The molecule has 1 aliphatic heterocycles. The van der Waals surface area contributed by atoms with E-state index in [0.717, 1.165) is 16.0 Å². The smallest absolute Gasteiger partial charge is 0.325 e. The Morgan fingerprint density at radius 2 is 1.81 bits per heavy atom. The Bertz CT molecular complexity index is 898. The Hall–Kier alpha value is -2.86. The fourth-order valence-electron chi connectivity index (χ4n) is 2.96. The minimum atomic E-state index is -1.19. The maximum Gasteiger partial charge on any atom is 0.325 e. The van der Waals surface area contributed by atoms with Crippen molar-refractivity contribution in [3.63, 3.8) is 0 Å². The Morgan fingerprint density at radius 3 is 2.48 bits per heavy atom. The highest BCUT2D eigenvalue weighted by molar-refractivity contribution is 6.31. The van der Waals surface area contributed by atoms with Gasteiger partial charge in [-0.05, 0) is 31.0 Å². The second kappa shape index (κ2) is 7.40. The lowest BCUT2D eigenvalue weighted by atomic mass is 9.91. The van der Waals surface area contributed by atoms with Crippen LogP contribution in [0, 0.1) is 6.92 Å². The lowest BCUT2D eigenvalue weighted by molar-refractivity contribution is -0.134. The van der Waals surface area contributed by atoms with Crippen LogP contribution in [0.5, 0.6) is 0 Å². The average molecular weight is 386 g/mol. The summed E-state index contributed by atoms with van der Waals surface area (Å²) in [7, 11) is 0. The van der Waals surface area contributed by atoms with E-state index >= 15 is 0 Å². The van der Waals surface area contributed by atoms with Crippen LogP contribution in [0.3, 0.4) is 0 Å². The van der Waals surface area contributed by atoms with E-state index in [-0.39, 0.29) is 13.1 Å². The van der Waals surface area contributed by atoms with Crippen LogP contribution in [0.4, 0.5) is 4.79 Å². The van der Waals surface area contributed by atoms with Crippen molar-refractivity contribution in [2.45, 2.75) is 25.9 Å². The normalized spacial score (nSPS) is 19.1. The number of benzene rings is 2. The van der Waals surface area contributed by atoms with Gasteiger partial charge in [-0.25, -0.2) is 4.79 Å². The first-order chi connectivity index (χ1) is 12.8. The molecule has 0 aliphatic carbocycles. The van der Waals surface area contributed by atoms with Crippen molar-refractivity contribution in [3.05, 3.63) is 70.2 Å². The maximum absolute atomic E-state index is 12.8. The first kappa shape index (κ1) is 18.9. The van der Waals surface area contributed by atoms with Crippen molar-refractivity contribution < 1.29 is 14.4 Å². The van der Waals surface area contributed by atoms with Crippen molar-refractivity contribution >= 4 is 29.4 Å². The molecule has 1 saturated heterocycles. The van der Waals surface area contributed by atoms with E-state index < -0.39 is 23.4 Å². The number of urea groups is 1. The minimum absolute atomic E-state index is 0.220. The Morgan fingerprint density at radius 1 is 1.15 bits per heavy atom. The van der Waals surface area contributed by atoms with Gasteiger partial charge in [0.25, 0.3) is 5.91 Å². The van der Waals surface area contributed by atoms with Gasteiger partial charge in [-0.1, -0.05) is 59.6 Å². The summed E-state index contributed by atoms with van der Waals surface area (Å²) in [6, 6.07) is 13.9. The number of imide groups is 1. The zero-order valence-electron chi connectivity index (χ0n) is 15.1. The van der Waals surface area contributed by atoms with Crippen molar-refractivity contribution in [3.8, 4) is 0 Å². The summed E-state index contributed by atoms with van der Waals surface area (Å²) < 4.78 is 0. The quantitative estimate of drug-likeness (QED) is 0.777. The van der Waals surface area contributed by atoms with Crippen LogP contribution >= 0.6 is 11.6 Å². The van der Waals surface area contributed by atoms with E-state index in [1.165, 1.54) is 0 Å². The van der Waals surface area contributed by atoms with E-state index in [9.17, 15) is 14.4 Å². The number of carbonyl (C=O) groups excluding carboxylic acids is 3. The van der Waals surface area contributed by atoms with E-state index in [1.807, 2.05) is 25.1 Å². The number of nitrogens with one attached hydrogen (secondary N) is 2. The predicted octanol–water partition coefficient (Wildman–Crippen LogP) is 2.73. The number of hydrogen-bond donors (Lipinski definition) is 2. The van der Waals surface area contributed by atoms with Crippen molar-refractivity contribution in [1.82, 2.24) is 15.5 Å². The summed E-state index contributed by atoms with van der Waals surface area (Å²) in [5.41, 5.74) is 1.29. The lowest BCUT2D eigenvalue weighted by Gasteiger charge is -2.22. The standard InChI is InChI=1S/C20H20ClN3O3/c1-13-7-9-15(10-8-13)20(2)18(26)24(19(27)23-20)12-17(25)22-11-14-5-3-4-6-16(14)21/h3-10H,11-12H2,1-2H3,(H,22,25)(H,23,27)/t20-/m1/s1. The third-order valence-corrected chi connectivity index (χ3v) is 5.01. The molecule has 2 N–H and O–H groups in total. The second-order valence-corrected chi connectivity index (χ2v) is 7.09. The van der Waals surface area contributed by atoms with E-state index in [4.69, 9.17) is 11.6 Å². The minimum Gasteiger partial charge on any atom is -0.350 e. The summed E-state index contributed by atoms with van der Waals surface area (Å²) in [6.07, 6.45) is 0. The molecule has 1 heterocycles. The van der Waals surface area contributed by atoms with E-state index in [0.29, 0.717) is 10.6 Å². The van der Waals surface area contributed by atoms with Gasteiger partial charge in [-0.2, -0.15) is 0 Å². The molecule has 0 radical (unpaired) electrons. The number of amides is 4. The molecule has 4 amide bonds. The number of nitrogens with zero attached hydrogens (tertiary/aromatic N) is 1. The highest BCUT2D eigenvalue weighted by atomic mass is 35.5. The number of hydrogen-bond acceptors (Lipinski definition) is 3. The van der Waals surface area contributed by atoms with Crippen molar-refractivity contribution in [2.75, 3.05) is 6.54 Å². The molecule has 7 heteroatoms. The molecule has 0 unspecified atom stereocenters. The second-order valence-electron chi connectivity index (χ2n) is 6.68. The number of aryl methyl sites for hydroxylation is 1. The maximum atomic E-state index is 12.8. The lowest BCUT2D eigenvalue weighted by Crippen LogP contribution is -2.43. The van der Waals surface area contributed by atoms with Crippen LogP contribution < -0.4 is 10.6 Å². The van der Waals surface area contributed by atoms with Crippen molar-refractivity contribution in [2.24, 2.45) is 0 Å². The third kappa shape index (κ3) is 3.80. The summed E-state index contributed by atoms with van der Waals surface area (Å²) >= 11 is 6.06. The van der Waals surface area contributed by atoms with Gasteiger partial charge in [0.1, 0.15) is 12.1 Å². The van der Waals surface area contributed by atoms with Gasteiger partial charge < -0.3 is 10.6 Å². The topological polar surface area (TPSA) is 78.5 Å². The van der Waals surface area contributed by atoms with Gasteiger partial charge in [-0.3, -0.25) is 14.5 Å². The van der Waals surface area contributed by atoms with Crippen LogP contribution in [0.15, 0.2) is 48.5 Å². The van der Waals surface area contributed by atoms with Crippen molar-refractivity contribution in [1.29, 1.82) is 0 Å². The predicted molar refractivity (Wildman–Crippen MR) is 102 cm³/mol. The molecule has 0 aromatic heterocycles. The number of carbonyl (C=O) groups is 3. The monoisotopic (exact) mass is 385 g/mol. The largest absolute Gasteiger partial charge is 0.350 e. The fraction of sp³-hybridized carbons (Fsp3) is 0.250. The summed E-state index contributed by atoms with van der Waals surface area (Å²) in [5.74, 6) is -0.893. The molecule has 27 heavy (non-hydrogen) atoms. The molecule has 2 aromatic carbocycles. The van der Waals surface area contributed by atoms with Gasteiger partial charge in [0, 0.05) is 11.6 Å². The molecule has 1 aliphatic rings. The van der Waals surface area contributed by atoms with Crippen LogP contribution in [-0.2, 0) is 21.7 Å². The van der Waals surface area contributed by atoms with Gasteiger partial charge in [0.2, 0.25) is 5.91 Å². The van der Waals surface area contributed by atoms with E-state index in [1.54, 1.807) is 37.3 Å². The molecule has 140 valence electrons. The van der Waals surface area contributed by atoms with Gasteiger partial charge >= 0.3 is 6.03 Å². The third-order valence-electron chi connectivity index (χ3n) is 4.64. The molecular formula is C20H20ClN3O3. The fourth-order valence-corrected chi connectivity index (χ4v) is 3.16. The molecule has 6 nitrogen and oxygen atoms in total. The highest BCUT2D eigenvalue weighted by Crippen LogP contribution is 2.28. The zero-order valence-corrected chi connectivity index (χ0v) is 15.8. The molecular weight excluding hydrogens is 366 g/mol. The highest BCUT2D eigenvalue weighted by Gasteiger charge is 2.49. The van der Waals surface area contributed by atoms with Gasteiger partial charge in [0.15, 0.2) is 0 Å². The van der Waals surface area contributed by atoms with Crippen LogP contribution in [0.25, 0.3) is 0 Å². The summed E-state index contributed by atoms with van der Waals surface area (Å²) in [6.45, 7) is 3.45. The Kier molecular flexibility index (Phi) is 5.19. The average Bonchev–Trinajstić information content (AvgIpc) is 2.85. The molecule has 0 bridgehead atoms. The zero-order chi connectivity index (χ0) is 19.6. The molecule has 0 spiro atoms. The van der Waals surface area contributed by atoms with E-state index in [2.05, 4.69) is 10.6 Å². The first-order valence-electron chi connectivity index (χ1n) is 8.52.